The summed E-state index contributed by atoms with van der Waals surface area (Å²) in [5.41, 5.74) is 2.92. The predicted molar refractivity (Wildman–Crippen MR) is 106 cm³/mol. The lowest BCUT2D eigenvalue weighted by Gasteiger charge is -2.20. The molecule has 0 aliphatic heterocycles. The zero-order valence-corrected chi connectivity index (χ0v) is 16.0. The fourth-order valence-corrected chi connectivity index (χ4v) is 4.16. The van der Waals surface area contributed by atoms with Crippen molar-refractivity contribution in [2.75, 3.05) is 6.54 Å². The highest BCUT2D eigenvalue weighted by Gasteiger charge is 2.21. The molecule has 0 saturated carbocycles. The second-order valence-corrected chi connectivity index (χ2v) is 8.32. The van der Waals surface area contributed by atoms with E-state index in [2.05, 4.69) is 4.72 Å². The maximum Gasteiger partial charge on any atom is 0.240 e. The molecule has 26 heavy (non-hydrogen) atoms. The highest BCUT2D eigenvalue weighted by atomic mass is 35.5. The van der Waals surface area contributed by atoms with Gasteiger partial charge in [-0.15, -0.1) is 0 Å². The molecule has 0 saturated heterocycles. The van der Waals surface area contributed by atoms with E-state index in [9.17, 15) is 8.42 Å². The summed E-state index contributed by atoms with van der Waals surface area (Å²) in [7, 11) is -3.59. The number of sulfonamides is 1. The van der Waals surface area contributed by atoms with Crippen molar-refractivity contribution in [1.29, 1.82) is 0 Å². The number of rotatable bonds is 6. The van der Waals surface area contributed by atoms with Crippen LogP contribution in [0.5, 0.6) is 0 Å². The van der Waals surface area contributed by atoms with E-state index in [1.54, 1.807) is 24.3 Å². The molecule has 0 bridgehead atoms. The van der Waals surface area contributed by atoms with E-state index < -0.39 is 10.0 Å². The second-order valence-electron chi connectivity index (χ2n) is 6.15. The van der Waals surface area contributed by atoms with Crippen molar-refractivity contribution in [3.8, 4) is 0 Å². The molecule has 0 spiro atoms. The first-order chi connectivity index (χ1) is 12.5. The molecule has 3 rings (SSSR count). The molecule has 1 N–H and O–H groups in total. The zero-order chi connectivity index (χ0) is 18.6. The highest BCUT2D eigenvalue weighted by molar-refractivity contribution is 7.89. The van der Waals surface area contributed by atoms with Gasteiger partial charge in [0.2, 0.25) is 10.0 Å². The SMILES string of the molecule is Cc1ccc(S(=O)(=O)NC[C@H](c2ccccc2)c2ccccc2Cl)cc1. The van der Waals surface area contributed by atoms with Gasteiger partial charge in [0, 0.05) is 17.5 Å². The first-order valence-corrected chi connectivity index (χ1v) is 10.2. The molecule has 0 amide bonds. The lowest BCUT2D eigenvalue weighted by Crippen LogP contribution is -2.29. The Labute approximate surface area is 159 Å². The lowest BCUT2D eigenvalue weighted by atomic mass is 9.91. The van der Waals surface area contributed by atoms with Crippen LogP contribution in [0.25, 0.3) is 0 Å². The molecule has 3 aromatic rings. The van der Waals surface area contributed by atoms with Crippen LogP contribution in [0.2, 0.25) is 5.02 Å². The average Bonchev–Trinajstić information content (AvgIpc) is 2.64. The number of aryl methyl sites for hydroxylation is 1. The van der Waals surface area contributed by atoms with Crippen LogP contribution in [0.15, 0.2) is 83.8 Å². The van der Waals surface area contributed by atoms with Crippen molar-refractivity contribution < 1.29 is 8.42 Å². The molecular formula is C21H20ClNO2S. The molecule has 0 aliphatic rings. The second kappa shape index (κ2) is 8.04. The molecule has 3 nitrogen and oxygen atoms in total. The van der Waals surface area contributed by atoms with Crippen LogP contribution in [0, 0.1) is 6.92 Å². The van der Waals surface area contributed by atoms with Gasteiger partial charge in [-0.3, -0.25) is 0 Å². The normalized spacial score (nSPS) is 12.7. The van der Waals surface area contributed by atoms with Crippen LogP contribution in [0.4, 0.5) is 0 Å². The summed E-state index contributed by atoms with van der Waals surface area (Å²) in [6.45, 7) is 2.15. The van der Waals surface area contributed by atoms with Crippen molar-refractivity contribution >= 4 is 21.6 Å². The van der Waals surface area contributed by atoms with Crippen LogP contribution in [0.1, 0.15) is 22.6 Å². The summed E-state index contributed by atoms with van der Waals surface area (Å²) in [6, 6.07) is 24.1. The summed E-state index contributed by atoms with van der Waals surface area (Å²) in [6.07, 6.45) is 0. The van der Waals surface area contributed by atoms with Gasteiger partial charge in [0.25, 0.3) is 0 Å². The Bertz CT molecular complexity index is 970. The minimum atomic E-state index is -3.59. The fraction of sp³-hybridized carbons (Fsp3) is 0.143. The number of halogens is 1. The van der Waals surface area contributed by atoms with Crippen molar-refractivity contribution in [2.45, 2.75) is 17.7 Å². The highest BCUT2D eigenvalue weighted by Crippen LogP contribution is 2.30. The average molecular weight is 386 g/mol. The monoisotopic (exact) mass is 385 g/mol. The van der Waals surface area contributed by atoms with Gasteiger partial charge in [0.15, 0.2) is 0 Å². The van der Waals surface area contributed by atoms with E-state index in [4.69, 9.17) is 11.6 Å². The smallest absolute Gasteiger partial charge is 0.210 e. The summed E-state index contributed by atoms with van der Waals surface area (Å²) >= 11 is 6.38. The molecule has 0 fully saturated rings. The molecule has 134 valence electrons. The van der Waals surface area contributed by atoms with Gasteiger partial charge < -0.3 is 0 Å². The maximum atomic E-state index is 12.7. The Morgan fingerprint density at radius 2 is 1.50 bits per heavy atom. The molecular weight excluding hydrogens is 366 g/mol. The van der Waals surface area contributed by atoms with Gasteiger partial charge in [-0.25, -0.2) is 13.1 Å². The van der Waals surface area contributed by atoms with E-state index in [0.29, 0.717) is 5.02 Å². The minimum absolute atomic E-state index is 0.176. The van der Waals surface area contributed by atoms with Crippen molar-refractivity contribution in [3.05, 3.63) is 101 Å². The van der Waals surface area contributed by atoms with E-state index in [1.165, 1.54) is 0 Å². The summed E-state index contributed by atoms with van der Waals surface area (Å²) in [4.78, 5) is 0.258. The van der Waals surface area contributed by atoms with Gasteiger partial charge in [0.05, 0.1) is 4.90 Å². The lowest BCUT2D eigenvalue weighted by molar-refractivity contribution is 0.577. The topological polar surface area (TPSA) is 46.2 Å². The van der Waals surface area contributed by atoms with Crippen LogP contribution in [0.3, 0.4) is 0 Å². The third-order valence-electron chi connectivity index (χ3n) is 4.29. The Morgan fingerprint density at radius 3 is 2.15 bits per heavy atom. The Kier molecular flexibility index (Phi) is 5.77. The molecule has 1 atom stereocenters. The molecule has 0 radical (unpaired) electrons. The van der Waals surface area contributed by atoms with E-state index in [-0.39, 0.29) is 17.4 Å². The van der Waals surface area contributed by atoms with Gasteiger partial charge in [0.1, 0.15) is 0 Å². The zero-order valence-electron chi connectivity index (χ0n) is 14.4. The number of nitrogens with one attached hydrogen (secondary N) is 1. The van der Waals surface area contributed by atoms with Crippen LogP contribution < -0.4 is 4.72 Å². The quantitative estimate of drug-likeness (QED) is 0.665. The van der Waals surface area contributed by atoms with Crippen LogP contribution in [-0.2, 0) is 10.0 Å². The van der Waals surface area contributed by atoms with Crippen molar-refractivity contribution in [1.82, 2.24) is 4.72 Å². The minimum Gasteiger partial charge on any atom is -0.210 e. The van der Waals surface area contributed by atoms with Crippen molar-refractivity contribution in [3.63, 3.8) is 0 Å². The Balaban J connectivity index is 1.89. The maximum absolute atomic E-state index is 12.7. The molecule has 3 aromatic carbocycles. The molecule has 5 heteroatoms. The van der Waals surface area contributed by atoms with Crippen LogP contribution in [-0.4, -0.2) is 15.0 Å². The number of benzene rings is 3. The summed E-state index contributed by atoms with van der Waals surface area (Å²) in [5, 5.41) is 0.621. The number of hydrogen-bond donors (Lipinski definition) is 1. The largest absolute Gasteiger partial charge is 0.240 e. The third-order valence-corrected chi connectivity index (χ3v) is 6.08. The standard InChI is InChI=1S/C21H20ClNO2S/c1-16-11-13-18(14-12-16)26(24,25)23-15-20(17-7-3-2-4-8-17)19-9-5-6-10-21(19)22/h2-14,20,23H,15H2,1H3/t20-/m1/s1. The predicted octanol–water partition coefficient (Wildman–Crippen LogP) is 4.76. The Morgan fingerprint density at radius 1 is 0.885 bits per heavy atom. The molecule has 0 unspecified atom stereocenters. The molecule has 0 aromatic heterocycles. The van der Waals surface area contributed by atoms with Gasteiger partial charge in [-0.05, 0) is 36.2 Å². The molecule has 0 aliphatic carbocycles. The first-order valence-electron chi connectivity index (χ1n) is 8.33. The van der Waals surface area contributed by atoms with Gasteiger partial charge >= 0.3 is 0 Å². The Hall–Kier alpha value is -2.14. The molecule has 0 heterocycles. The van der Waals surface area contributed by atoms with E-state index in [0.717, 1.165) is 16.7 Å². The van der Waals surface area contributed by atoms with Crippen molar-refractivity contribution in [2.24, 2.45) is 0 Å². The van der Waals surface area contributed by atoms with Gasteiger partial charge in [-0.2, -0.15) is 0 Å². The first kappa shape index (κ1) is 18.6. The third kappa shape index (κ3) is 4.33. The van der Waals surface area contributed by atoms with Gasteiger partial charge in [-0.1, -0.05) is 77.8 Å². The summed E-state index contributed by atoms with van der Waals surface area (Å²) in [5.74, 6) is -0.176. The fourth-order valence-electron chi connectivity index (χ4n) is 2.84. The van der Waals surface area contributed by atoms with E-state index >= 15 is 0 Å². The number of hydrogen-bond acceptors (Lipinski definition) is 2. The van der Waals surface area contributed by atoms with E-state index in [1.807, 2.05) is 61.5 Å². The summed E-state index contributed by atoms with van der Waals surface area (Å²) < 4.78 is 28.0. The van der Waals surface area contributed by atoms with Crippen LogP contribution >= 0.6 is 11.6 Å².